The molecule has 2 heterocycles. The van der Waals surface area contributed by atoms with Crippen LogP contribution in [0.2, 0.25) is 0 Å². The van der Waals surface area contributed by atoms with Gasteiger partial charge in [0.25, 0.3) is 5.91 Å². The number of benzene rings is 1. The van der Waals surface area contributed by atoms with Crippen molar-refractivity contribution < 1.29 is 23.9 Å². The van der Waals surface area contributed by atoms with Gasteiger partial charge in [-0.15, -0.1) is 0 Å². The summed E-state index contributed by atoms with van der Waals surface area (Å²) in [6.07, 6.45) is -0.488. The monoisotopic (exact) mass is 375 g/mol. The van der Waals surface area contributed by atoms with Crippen LogP contribution in [0, 0.1) is 0 Å². The van der Waals surface area contributed by atoms with E-state index in [-0.39, 0.29) is 30.7 Å². The number of rotatable bonds is 5. The number of nitrogens with zero attached hydrogens (tertiary/aromatic N) is 2. The molecule has 2 aliphatic rings. The second-order valence-corrected chi connectivity index (χ2v) is 6.69. The molecule has 1 saturated heterocycles. The average molecular weight is 375 g/mol. The van der Waals surface area contributed by atoms with Gasteiger partial charge >= 0.3 is 0 Å². The number of amides is 3. The van der Waals surface area contributed by atoms with Gasteiger partial charge in [0.05, 0.1) is 18.9 Å². The highest BCUT2D eigenvalue weighted by Gasteiger charge is 2.31. The minimum atomic E-state index is -0.609. The molecule has 1 aromatic rings. The van der Waals surface area contributed by atoms with Crippen LogP contribution < -0.4 is 15.0 Å². The lowest BCUT2D eigenvalue weighted by Crippen LogP contribution is -2.51. The van der Waals surface area contributed by atoms with E-state index in [1.165, 1.54) is 0 Å². The Labute approximate surface area is 158 Å². The highest BCUT2D eigenvalue weighted by molar-refractivity contribution is 6.00. The van der Waals surface area contributed by atoms with Crippen molar-refractivity contribution >= 4 is 23.4 Å². The van der Waals surface area contributed by atoms with Crippen molar-refractivity contribution in [3.63, 3.8) is 0 Å². The number of carbonyl (C=O) groups is 3. The van der Waals surface area contributed by atoms with Gasteiger partial charge in [0.1, 0.15) is 11.8 Å². The van der Waals surface area contributed by atoms with Crippen LogP contribution in [0.15, 0.2) is 24.3 Å². The Balaban J connectivity index is 1.55. The molecule has 0 radical (unpaired) electrons. The van der Waals surface area contributed by atoms with Crippen LogP contribution in [-0.4, -0.2) is 67.6 Å². The molecule has 0 bridgehead atoms. The summed E-state index contributed by atoms with van der Waals surface area (Å²) in [7, 11) is 0. The van der Waals surface area contributed by atoms with Crippen LogP contribution >= 0.6 is 0 Å². The van der Waals surface area contributed by atoms with Crippen LogP contribution in [0.3, 0.4) is 0 Å². The van der Waals surface area contributed by atoms with Gasteiger partial charge < -0.3 is 24.6 Å². The fourth-order valence-corrected chi connectivity index (χ4v) is 3.24. The van der Waals surface area contributed by atoms with E-state index >= 15 is 0 Å². The molecule has 2 aliphatic heterocycles. The predicted molar refractivity (Wildman–Crippen MR) is 98.5 cm³/mol. The van der Waals surface area contributed by atoms with E-state index in [1.54, 1.807) is 35.8 Å². The lowest BCUT2D eigenvalue weighted by atomic mass is 10.1. The van der Waals surface area contributed by atoms with Gasteiger partial charge in [-0.05, 0) is 26.0 Å². The van der Waals surface area contributed by atoms with Crippen molar-refractivity contribution in [2.45, 2.75) is 32.4 Å². The van der Waals surface area contributed by atoms with E-state index in [0.29, 0.717) is 37.7 Å². The number of nitrogens with one attached hydrogen (secondary N) is 1. The summed E-state index contributed by atoms with van der Waals surface area (Å²) < 4.78 is 10.8. The standard InChI is InChI=1S/C19H25N3O5/c1-13(18(24)21-9-11-26-12-10-21)20-17(23)7-8-22-15-5-3-4-6-16(15)27-14(2)19(22)25/h3-6,13-14H,7-12H2,1-2H3,(H,20,23)/t13-,14+/m0/s1. The summed E-state index contributed by atoms with van der Waals surface area (Å²) in [5, 5.41) is 2.73. The molecule has 0 spiro atoms. The molecular formula is C19H25N3O5. The molecule has 3 rings (SSSR count). The lowest BCUT2D eigenvalue weighted by molar-refractivity contribution is -0.139. The summed E-state index contributed by atoms with van der Waals surface area (Å²) in [6.45, 7) is 5.70. The van der Waals surface area contributed by atoms with Crippen LogP contribution in [0.4, 0.5) is 5.69 Å². The second-order valence-electron chi connectivity index (χ2n) is 6.69. The Kier molecular flexibility index (Phi) is 5.95. The number of carbonyl (C=O) groups excluding carboxylic acids is 3. The zero-order valence-corrected chi connectivity index (χ0v) is 15.6. The minimum absolute atomic E-state index is 0.105. The third-order valence-electron chi connectivity index (χ3n) is 4.71. The zero-order chi connectivity index (χ0) is 19.4. The van der Waals surface area contributed by atoms with Crippen molar-refractivity contribution in [2.24, 2.45) is 0 Å². The SMILES string of the molecule is C[C@H](NC(=O)CCN1C(=O)[C@@H](C)Oc2ccccc21)C(=O)N1CCOCC1. The maximum Gasteiger partial charge on any atom is 0.267 e. The molecular weight excluding hydrogens is 350 g/mol. The molecule has 1 N–H and O–H groups in total. The van der Waals surface area contributed by atoms with Crippen LogP contribution in [0.25, 0.3) is 0 Å². The number of hydrogen-bond acceptors (Lipinski definition) is 5. The average Bonchev–Trinajstić information content (AvgIpc) is 2.68. The Hall–Kier alpha value is -2.61. The topological polar surface area (TPSA) is 88.2 Å². The van der Waals surface area contributed by atoms with Crippen LogP contribution in [0.1, 0.15) is 20.3 Å². The fourth-order valence-electron chi connectivity index (χ4n) is 3.24. The molecule has 8 heteroatoms. The summed E-state index contributed by atoms with van der Waals surface area (Å²) in [5.41, 5.74) is 0.658. The van der Waals surface area contributed by atoms with Gasteiger partial charge in [0.15, 0.2) is 6.10 Å². The molecule has 0 saturated carbocycles. The Bertz CT molecular complexity index is 717. The molecule has 1 fully saturated rings. The zero-order valence-electron chi connectivity index (χ0n) is 15.6. The fraction of sp³-hybridized carbons (Fsp3) is 0.526. The maximum absolute atomic E-state index is 12.4. The number of fused-ring (bicyclic) bond motifs is 1. The number of anilines is 1. The van der Waals surface area contributed by atoms with E-state index in [4.69, 9.17) is 9.47 Å². The number of morpholine rings is 1. The smallest absolute Gasteiger partial charge is 0.267 e. The normalized spacial score (nSPS) is 20.5. The summed E-state index contributed by atoms with van der Waals surface area (Å²) >= 11 is 0. The summed E-state index contributed by atoms with van der Waals surface area (Å²) in [6, 6.07) is 6.64. The largest absolute Gasteiger partial charge is 0.479 e. The van der Waals surface area contributed by atoms with Crippen molar-refractivity contribution in [3.05, 3.63) is 24.3 Å². The molecule has 3 amide bonds. The van der Waals surface area contributed by atoms with Crippen LogP contribution in [-0.2, 0) is 19.1 Å². The van der Waals surface area contributed by atoms with E-state index < -0.39 is 12.1 Å². The lowest BCUT2D eigenvalue weighted by Gasteiger charge is -2.33. The van der Waals surface area contributed by atoms with Gasteiger partial charge in [-0.3, -0.25) is 14.4 Å². The van der Waals surface area contributed by atoms with Crippen molar-refractivity contribution in [1.29, 1.82) is 0 Å². The minimum Gasteiger partial charge on any atom is -0.479 e. The molecule has 8 nitrogen and oxygen atoms in total. The number of para-hydroxylation sites is 2. The molecule has 146 valence electrons. The first-order valence-corrected chi connectivity index (χ1v) is 9.20. The first-order valence-electron chi connectivity index (χ1n) is 9.20. The molecule has 27 heavy (non-hydrogen) atoms. The van der Waals surface area contributed by atoms with Crippen molar-refractivity contribution in [3.8, 4) is 5.75 Å². The Morgan fingerprint density at radius 2 is 1.96 bits per heavy atom. The first kappa shape index (κ1) is 19.2. The Morgan fingerprint density at radius 1 is 1.26 bits per heavy atom. The molecule has 0 aromatic heterocycles. The quantitative estimate of drug-likeness (QED) is 0.812. The molecule has 0 unspecified atom stereocenters. The second kappa shape index (κ2) is 8.39. The first-order chi connectivity index (χ1) is 13.0. The van der Waals surface area contributed by atoms with E-state index in [1.807, 2.05) is 12.1 Å². The molecule has 2 atom stereocenters. The van der Waals surface area contributed by atoms with E-state index in [2.05, 4.69) is 5.32 Å². The molecule has 1 aromatic carbocycles. The van der Waals surface area contributed by atoms with E-state index in [9.17, 15) is 14.4 Å². The van der Waals surface area contributed by atoms with E-state index in [0.717, 1.165) is 0 Å². The van der Waals surface area contributed by atoms with Gasteiger partial charge in [-0.25, -0.2) is 0 Å². The van der Waals surface area contributed by atoms with Gasteiger partial charge in [-0.1, -0.05) is 12.1 Å². The predicted octanol–water partition coefficient (Wildman–Crippen LogP) is 0.554. The van der Waals surface area contributed by atoms with Crippen LogP contribution in [0.5, 0.6) is 5.75 Å². The third kappa shape index (κ3) is 4.39. The highest BCUT2D eigenvalue weighted by Crippen LogP contribution is 2.33. The number of hydrogen-bond donors (Lipinski definition) is 1. The van der Waals surface area contributed by atoms with Crippen molar-refractivity contribution in [2.75, 3.05) is 37.7 Å². The summed E-state index contributed by atoms with van der Waals surface area (Å²) in [4.78, 5) is 40.4. The summed E-state index contributed by atoms with van der Waals surface area (Å²) in [5.74, 6) is 0.0569. The van der Waals surface area contributed by atoms with Gasteiger partial charge in [0.2, 0.25) is 11.8 Å². The molecule has 0 aliphatic carbocycles. The van der Waals surface area contributed by atoms with Gasteiger partial charge in [-0.2, -0.15) is 0 Å². The number of ether oxygens (including phenoxy) is 2. The van der Waals surface area contributed by atoms with Crippen molar-refractivity contribution in [1.82, 2.24) is 10.2 Å². The Morgan fingerprint density at radius 3 is 2.70 bits per heavy atom. The maximum atomic E-state index is 12.4. The van der Waals surface area contributed by atoms with Gasteiger partial charge in [0, 0.05) is 26.1 Å². The highest BCUT2D eigenvalue weighted by atomic mass is 16.5. The third-order valence-corrected chi connectivity index (χ3v) is 4.71.